The summed E-state index contributed by atoms with van der Waals surface area (Å²) in [6.45, 7) is -2.12. The van der Waals surface area contributed by atoms with E-state index in [0.717, 1.165) is 19.3 Å². The molecule has 1 aromatic carbocycles. The highest BCUT2D eigenvalue weighted by molar-refractivity contribution is 5.73. The summed E-state index contributed by atoms with van der Waals surface area (Å²) in [7, 11) is 0. The number of ether oxygens (including phenoxy) is 1. The first-order chi connectivity index (χ1) is 11.0. The Hall–Kier alpha value is -1.89. The van der Waals surface area contributed by atoms with E-state index in [4.69, 9.17) is 0 Å². The van der Waals surface area contributed by atoms with E-state index in [2.05, 4.69) is 15.4 Å². The van der Waals surface area contributed by atoms with Gasteiger partial charge in [0.25, 0.3) is 0 Å². The Morgan fingerprint density at radius 2 is 2.17 bits per heavy atom. The first-order valence-corrected chi connectivity index (χ1v) is 7.76. The SMILES string of the molecule is O=C(NCc1cccc(OC(F)F)c1)NCC1CCCC(O)C1. The maximum absolute atomic E-state index is 12.2. The van der Waals surface area contributed by atoms with Crippen LogP contribution in [-0.2, 0) is 6.54 Å². The number of hydrogen-bond acceptors (Lipinski definition) is 3. The second kappa shape index (κ2) is 8.67. The number of rotatable bonds is 6. The van der Waals surface area contributed by atoms with Crippen molar-refractivity contribution in [2.75, 3.05) is 6.54 Å². The van der Waals surface area contributed by atoms with Crippen LogP contribution in [-0.4, -0.2) is 30.4 Å². The smallest absolute Gasteiger partial charge is 0.387 e. The minimum atomic E-state index is -2.87. The van der Waals surface area contributed by atoms with Crippen LogP contribution >= 0.6 is 0 Å². The molecule has 1 fully saturated rings. The van der Waals surface area contributed by atoms with Crippen LogP contribution in [0.25, 0.3) is 0 Å². The second-order valence-corrected chi connectivity index (χ2v) is 5.78. The summed E-state index contributed by atoms with van der Waals surface area (Å²) in [5.41, 5.74) is 0.673. The first-order valence-electron chi connectivity index (χ1n) is 7.76. The number of halogens is 2. The molecule has 2 atom stereocenters. The highest BCUT2D eigenvalue weighted by Gasteiger charge is 2.20. The summed E-state index contributed by atoms with van der Waals surface area (Å²) < 4.78 is 28.6. The fourth-order valence-electron chi connectivity index (χ4n) is 2.76. The van der Waals surface area contributed by atoms with Gasteiger partial charge in [-0.1, -0.05) is 18.6 Å². The number of amides is 2. The summed E-state index contributed by atoms with van der Waals surface area (Å²) >= 11 is 0. The highest BCUT2D eigenvalue weighted by Crippen LogP contribution is 2.23. The molecule has 0 heterocycles. The van der Waals surface area contributed by atoms with E-state index in [1.165, 1.54) is 12.1 Å². The van der Waals surface area contributed by atoms with E-state index in [1.54, 1.807) is 12.1 Å². The maximum Gasteiger partial charge on any atom is 0.387 e. The van der Waals surface area contributed by atoms with Gasteiger partial charge in [-0.25, -0.2) is 4.79 Å². The molecule has 1 saturated carbocycles. The molecule has 0 radical (unpaired) electrons. The second-order valence-electron chi connectivity index (χ2n) is 5.78. The number of alkyl halides is 2. The summed E-state index contributed by atoms with van der Waals surface area (Å²) in [6.07, 6.45) is 3.26. The van der Waals surface area contributed by atoms with Gasteiger partial charge in [-0.15, -0.1) is 0 Å². The molecule has 23 heavy (non-hydrogen) atoms. The van der Waals surface area contributed by atoms with Crippen LogP contribution in [0.1, 0.15) is 31.2 Å². The van der Waals surface area contributed by atoms with Crippen LogP contribution in [0.4, 0.5) is 13.6 Å². The zero-order chi connectivity index (χ0) is 16.7. The molecule has 1 aromatic rings. The van der Waals surface area contributed by atoms with Crippen LogP contribution in [0.3, 0.4) is 0 Å². The number of carbonyl (C=O) groups excluding carboxylic acids is 1. The summed E-state index contributed by atoms with van der Waals surface area (Å²) in [6, 6.07) is 5.89. The van der Waals surface area contributed by atoms with Crippen molar-refractivity contribution >= 4 is 6.03 Å². The van der Waals surface area contributed by atoms with Crippen LogP contribution in [0, 0.1) is 5.92 Å². The molecule has 2 rings (SSSR count). The molecule has 1 aliphatic rings. The molecule has 0 aliphatic heterocycles. The number of aliphatic hydroxyl groups is 1. The van der Waals surface area contributed by atoms with Gasteiger partial charge < -0.3 is 20.5 Å². The van der Waals surface area contributed by atoms with Crippen molar-refractivity contribution < 1.29 is 23.4 Å². The van der Waals surface area contributed by atoms with E-state index in [-0.39, 0.29) is 24.4 Å². The largest absolute Gasteiger partial charge is 0.435 e. The molecule has 0 aromatic heterocycles. The van der Waals surface area contributed by atoms with E-state index in [1.807, 2.05) is 0 Å². The molecular formula is C16H22F2N2O3. The van der Waals surface area contributed by atoms with Gasteiger partial charge >= 0.3 is 12.6 Å². The zero-order valence-electron chi connectivity index (χ0n) is 12.8. The normalized spacial score (nSPS) is 21.0. The van der Waals surface area contributed by atoms with Gasteiger partial charge in [-0.3, -0.25) is 0 Å². The molecule has 2 amide bonds. The van der Waals surface area contributed by atoms with Gasteiger partial charge in [0.15, 0.2) is 0 Å². The molecule has 1 aliphatic carbocycles. The van der Waals surface area contributed by atoms with E-state index < -0.39 is 6.61 Å². The monoisotopic (exact) mass is 328 g/mol. The van der Waals surface area contributed by atoms with Crippen LogP contribution in [0.2, 0.25) is 0 Å². The van der Waals surface area contributed by atoms with Crippen LogP contribution < -0.4 is 15.4 Å². The lowest BCUT2D eigenvalue weighted by Gasteiger charge is -2.25. The minimum absolute atomic E-state index is 0.0656. The first kappa shape index (κ1) is 17.5. The number of benzene rings is 1. The van der Waals surface area contributed by atoms with Crippen molar-refractivity contribution in [1.82, 2.24) is 10.6 Å². The van der Waals surface area contributed by atoms with E-state index in [9.17, 15) is 18.7 Å². The van der Waals surface area contributed by atoms with Crippen molar-refractivity contribution in [3.63, 3.8) is 0 Å². The zero-order valence-corrected chi connectivity index (χ0v) is 12.8. The summed E-state index contributed by atoms with van der Waals surface area (Å²) in [5.74, 6) is 0.364. The van der Waals surface area contributed by atoms with Crippen LogP contribution in [0.15, 0.2) is 24.3 Å². The Bertz CT molecular complexity index is 514. The number of hydrogen-bond donors (Lipinski definition) is 3. The lowest BCUT2D eigenvalue weighted by molar-refractivity contribution is -0.0498. The third-order valence-corrected chi connectivity index (χ3v) is 3.88. The van der Waals surface area contributed by atoms with Crippen molar-refractivity contribution in [2.24, 2.45) is 5.92 Å². The Morgan fingerprint density at radius 1 is 1.35 bits per heavy atom. The topological polar surface area (TPSA) is 70.6 Å². The predicted molar refractivity (Wildman–Crippen MR) is 81.3 cm³/mol. The van der Waals surface area contributed by atoms with Gasteiger partial charge in [-0.05, 0) is 42.9 Å². The van der Waals surface area contributed by atoms with E-state index in [0.29, 0.717) is 24.4 Å². The molecule has 128 valence electrons. The maximum atomic E-state index is 12.2. The number of urea groups is 1. The third kappa shape index (κ3) is 6.40. The van der Waals surface area contributed by atoms with Gasteiger partial charge in [-0.2, -0.15) is 8.78 Å². The lowest BCUT2D eigenvalue weighted by atomic mass is 9.87. The van der Waals surface area contributed by atoms with Crippen molar-refractivity contribution in [2.45, 2.75) is 44.9 Å². The Balaban J connectivity index is 1.71. The number of aliphatic hydroxyl groups excluding tert-OH is 1. The van der Waals surface area contributed by atoms with Crippen molar-refractivity contribution in [3.8, 4) is 5.75 Å². The standard InChI is InChI=1S/C16H22F2N2O3/c17-15(18)23-14-6-2-4-12(8-14)10-20-16(22)19-9-11-3-1-5-13(21)7-11/h2,4,6,8,11,13,15,21H,1,3,5,7,9-10H2,(H2,19,20,22). The van der Waals surface area contributed by atoms with E-state index >= 15 is 0 Å². The Labute approximate surface area is 134 Å². The van der Waals surface area contributed by atoms with Gasteiger partial charge in [0, 0.05) is 13.1 Å². The quantitative estimate of drug-likeness (QED) is 0.752. The number of nitrogens with one attached hydrogen (secondary N) is 2. The molecule has 0 spiro atoms. The molecule has 0 bridgehead atoms. The fraction of sp³-hybridized carbons (Fsp3) is 0.562. The summed E-state index contributed by atoms with van der Waals surface area (Å²) in [4.78, 5) is 11.8. The predicted octanol–water partition coefficient (Wildman–Crippen LogP) is 2.64. The fourth-order valence-corrected chi connectivity index (χ4v) is 2.76. The molecule has 7 heteroatoms. The Kier molecular flexibility index (Phi) is 6.58. The average Bonchev–Trinajstić information content (AvgIpc) is 2.51. The minimum Gasteiger partial charge on any atom is -0.435 e. The van der Waals surface area contributed by atoms with Crippen LogP contribution in [0.5, 0.6) is 5.75 Å². The van der Waals surface area contributed by atoms with Crippen molar-refractivity contribution in [3.05, 3.63) is 29.8 Å². The Morgan fingerprint density at radius 3 is 2.91 bits per heavy atom. The molecule has 2 unspecified atom stereocenters. The molecule has 5 nitrogen and oxygen atoms in total. The molecule has 0 saturated heterocycles. The average molecular weight is 328 g/mol. The van der Waals surface area contributed by atoms with Crippen molar-refractivity contribution in [1.29, 1.82) is 0 Å². The lowest BCUT2D eigenvalue weighted by Crippen LogP contribution is -2.39. The number of carbonyl (C=O) groups is 1. The van der Waals surface area contributed by atoms with Gasteiger partial charge in [0.2, 0.25) is 0 Å². The summed E-state index contributed by atoms with van der Waals surface area (Å²) in [5, 5.41) is 15.0. The highest BCUT2D eigenvalue weighted by atomic mass is 19.3. The van der Waals surface area contributed by atoms with Gasteiger partial charge in [0.05, 0.1) is 6.10 Å². The van der Waals surface area contributed by atoms with Gasteiger partial charge in [0.1, 0.15) is 5.75 Å². The molecular weight excluding hydrogens is 306 g/mol. The molecule has 3 N–H and O–H groups in total. The third-order valence-electron chi connectivity index (χ3n) is 3.88.